The number of nitrogens with one attached hydrogen (secondary N) is 2. The van der Waals surface area contributed by atoms with Gasteiger partial charge in [-0.15, -0.1) is 11.8 Å². The third kappa shape index (κ3) is 5.60. The summed E-state index contributed by atoms with van der Waals surface area (Å²) >= 11 is 1.59. The van der Waals surface area contributed by atoms with Crippen LogP contribution >= 0.6 is 11.8 Å². The number of carbonyl (C=O) groups excluding carboxylic acids is 2. The summed E-state index contributed by atoms with van der Waals surface area (Å²) in [7, 11) is 0. The Hall–Kier alpha value is -3.03. The standard InChI is InChI=1S/C25H26N2O4S/c1-17(31-20-13-12-18-7-2-3-8-19(18)15-20)24(28)26-27-25(29)22-10-4-5-11-23(22)32-16-21-9-6-14-30-21/h2-5,7-8,10-13,15,17,21H,6,9,14,16H2,1H3,(H,26,28)(H,27,29). The number of carbonyl (C=O) groups is 2. The molecule has 1 aliphatic rings. The van der Waals surface area contributed by atoms with E-state index in [4.69, 9.17) is 9.47 Å². The van der Waals surface area contributed by atoms with Crippen molar-refractivity contribution in [1.82, 2.24) is 10.9 Å². The zero-order chi connectivity index (χ0) is 22.3. The fourth-order valence-electron chi connectivity index (χ4n) is 3.52. The van der Waals surface area contributed by atoms with Gasteiger partial charge in [-0.25, -0.2) is 0 Å². The van der Waals surface area contributed by atoms with E-state index in [-0.39, 0.29) is 12.0 Å². The highest BCUT2D eigenvalue weighted by Gasteiger charge is 2.19. The number of rotatable bonds is 7. The second-order valence-electron chi connectivity index (χ2n) is 7.65. The van der Waals surface area contributed by atoms with E-state index in [9.17, 15) is 9.59 Å². The number of hydrogen-bond acceptors (Lipinski definition) is 5. The first-order chi connectivity index (χ1) is 15.6. The Morgan fingerprint density at radius 2 is 1.84 bits per heavy atom. The van der Waals surface area contributed by atoms with Crippen LogP contribution in [0, 0.1) is 0 Å². The van der Waals surface area contributed by atoms with Crippen molar-refractivity contribution < 1.29 is 19.1 Å². The van der Waals surface area contributed by atoms with Crippen molar-refractivity contribution in [2.45, 2.75) is 36.9 Å². The van der Waals surface area contributed by atoms with E-state index in [1.54, 1.807) is 30.8 Å². The summed E-state index contributed by atoms with van der Waals surface area (Å²) in [5.41, 5.74) is 5.48. The maximum absolute atomic E-state index is 12.7. The monoisotopic (exact) mass is 450 g/mol. The lowest BCUT2D eigenvalue weighted by molar-refractivity contribution is -0.128. The van der Waals surface area contributed by atoms with E-state index in [0.29, 0.717) is 11.3 Å². The van der Waals surface area contributed by atoms with Gasteiger partial charge in [-0.05, 0) is 54.8 Å². The van der Waals surface area contributed by atoms with Crippen LogP contribution in [0.1, 0.15) is 30.1 Å². The first-order valence-corrected chi connectivity index (χ1v) is 11.7. The quantitative estimate of drug-likeness (QED) is 0.414. The first kappa shape index (κ1) is 22.2. The molecule has 2 unspecified atom stereocenters. The minimum atomic E-state index is -0.777. The van der Waals surface area contributed by atoms with Crippen molar-refractivity contribution in [3.63, 3.8) is 0 Å². The first-order valence-electron chi connectivity index (χ1n) is 10.7. The molecule has 3 aromatic rings. The number of amides is 2. The zero-order valence-corrected chi connectivity index (χ0v) is 18.7. The van der Waals surface area contributed by atoms with Gasteiger partial charge in [0.2, 0.25) is 0 Å². The van der Waals surface area contributed by atoms with Crippen molar-refractivity contribution in [2.24, 2.45) is 0 Å². The third-order valence-corrected chi connectivity index (χ3v) is 6.49. The van der Waals surface area contributed by atoms with Crippen molar-refractivity contribution in [1.29, 1.82) is 0 Å². The Kier molecular flexibility index (Phi) is 7.29. The maximum atomic E-state index is 12.7. The van der Waals surface area contributed by atoms with Crippen LogP contribution in [0.15, 0.2) is 71.6 Å². The highest BCUT2D eigenvalue weighted by molar-refractivity contribution is 7.99. The Labute approximate surface area is 191 Å². The summed E-state index contributed by atoms with van der Waals surface area (Å²) in [6.45, 7) is 2.45. The molecule has 1 saturated heterocycles. The fourth-order valence-corrected chi connectivity index (χ4v) is 4.64. The highest BCUT2D eigenvalue weighted by Crippen LogP contribution is 2.26. The summed E-state index contributed by atoms with van der Waals surface area (Å²) in [5.74, 6) is 0.587. The molecule has 2 amide bonds. The van der Waals surface area contributed by atoms with Crippen LogP contribution in [0.5, 0.6) is 5.75 Å². The number of hydrogen-bond donors (Lipinski definition) is 2. The molecular weight excluding hydrogens is 424 g/mol. The molecule has 0 saturated carbocycles. The number of hydrazine groups is 1. The van der Waals surface area contributed by atoms with Gasteiger partial charge in [-0.3, -0.25) is 20.4 Å². The predicted molar refractivity (Wildman–Crippen MR) is 126 cm³/mol. The largest absolute Gasteiger partial charge is 0.481 e. The second-order valence-corrected chi connectivity index (χ2v) is 8.72. The van der Waals surface area contributed by atoms with Gasteiger partial charge in [-0.2, -0.15) is 0 Å². The normalized spacial score (nSPS) is 16.5. The van der Waals surface area contributed by atoms with Gasteiger partial charge in [-0.1, -0.05) is 42.5 Å². The molecule has 0 aliphatic carbocycles. The molecule has 0 spiro atoms. The molecule has 1 aliphatic heterocycles. The average molecular weight is 451 g/mol. The molecule has 3 aromatic carbocycles. The lowest BCUT2D eigenvalue weighted by Crippen LogP contribution is -2.47. The number of fused-ring (bicyclic) bond motifs is 1. The molecular formula is C25H26N2O4S. The Morgan fingerprint density at radius 1 is 1.06 bits per heavy atom. The average Bonchev–Trinajstić information content (AvgIpc) is 3.35. The summed E-state index contributed by atoms with van der Waals surface area (Å²) in [5, 5.41) is 2.13. The minimum Gasteiger partial charge on any atom is -0.481 e. The predicted octanol–water partition coefficient (Wildman–Crippen LogP) is 4.34. The minimum absolute atomic E-state index is 0.226. The van der Waals surface area contributed by atoms with Crippen LogP contribution in [0.4, 0.5) is 0 Å². The number of ether oxygens (including phenoxy) is 2. The Bertz CT molecular complexity index is 1100. The maximum Gasteiger partial charge on any atom is 0.279 e. The molecule has 0 bridgehead atoms. The zero-order valence-electron chi connectivity index (χ0n) is 17.9. The molecule has 166 valence electrons. The molecule has 6 nitrogen and oxygen atoms in total. The van der Waals surface area contributed by atoms with E-state index in [2.05, 4.69) is 10.9 Å². The summed E-state index contributed by atoms with van der Waals surface area (Å²) in [4.78, 5) is 26.0. The lowest BCUT2D eigenvalue weighted by atomic mass is 10.1. The van der Waals surface area contributed by atoms with E-state index in [1.807, 2.05) is 54.6 Å². The van der Waals surface area contributed by atoms with Gasteiger partial charge in [0.1, 0.15) is 5.75 Å². The van der Waals surface area contributed by atoms with Crippen molar-refractivity contribution >= 4 is 34.3 Å². The van der Waals surface area contributed by atoms with Gasteiger partial charge in [0.15, 0.2) is 6.10 Å². The summed E-state index contributed by atoms with van der Waals surface area (Å²) < 4.78 is 11.4. The van der Waals surface area contributed by atoms with E-state index in [1.165, 1.54) is 0 Å². The van der Waals surface area contributed by atoms with Gasteiger partial charge in [0.05, 0.1) is 11.7 Å². The van der Waals surface area contributed by atoms with Crippen molar-refractivity contribution in [2.75, 3.05) is 12.4 Å². The third-order valence-electron chi connectivity index (χ3n) is 5.28. The Balaban J connectivity index is 1.31. The smallest absolute Gasteiger partial charge is 0.279 e. The van der Waals surface area contributed by atoms with Crippen LogP contribution in [0.2, 0.25) is 0 Å². The molecule has 1 heterocycles. The molecule has 0 radical (unpaired) electrons. The molecule has 32 heavy (non-hydrogen) atoms. The Morgan fingerprint density at radius 3 is 2.66 bits per heavy atom. The van der Waals surface area contributed by atoms with Gasteiger partial charge in [0.25, 0.3) is 11.8 Å². The van der Waals surface area contributed by atoms with E-state index >= 15 is 0 Å². The van der Waals surface area contributed by atoms with Gasteiger partial charge >= 0.3 is 0 Å². The van der Waals surface area contributed by atoms with E-state index in [0.717, 1.165) is 40.9 Å². The topological polar surface area (TPSA) is 76.7 Å². The number of thioether (sulfide) groups is 1. The fraction of sp³-hybridized carbons (Fsp3) is 0.280. The van der Waals surface area contributed by atoms with Gasteiger partial charge in [0, 0.05) is 17.3 Å². The molecule has 1 fully saturated rings. The van der Waals surface area contributed by atoms with Crippen LogP contribution in [0.3, 0.4) is 0 Å². The highest BCUT2D eigenvalue weighted by atomic mass is 32.2. The molecule has 0 aromatic heterocycles. The van der Waals surface area contributed by atoms with Crippen LogP contribution < -0.4 is 15.6 Å². The second kappa shape index (κ2) is 10.5. The van der Waals surface area contributed by atoms with Crippen LogP contribution in [-0.2, 0) is 9.53 Å². The van der Waals surface area contributed by atoms with Crippen molar-refractivity contribution in [3.05, 3.63) is 72.3 Å². The van der Waals surface area contributed by atoms with Gasteiger partial charge < -0.3 is 9.47 Å². The molecule has 4 rings (SSSR count). The summed E-state index contributed by atoms with van der Waals surface area (Å²) in [6.07, 6.45) is 1.58. The lowest BCUT2D eigenvalue weighted by Gasteiger charge is -2.16. The SMILES string of the molecule is CC(Oc1ccc2ccccc2c1)C(=O)NNC(=O)c1ccccc1SCC1CCCO1. The summed E-state index contributed by atoms with van der Waals surface area (Å²) in [6, 6.07) is 20.9. The van der Waals surface area contributed by atoms with E-state index < -0.39 is 12.0 Å². The molecule has 7 heteroatoms. The number of benzene rings is 3. The molecule has 2 N–H and O–H groups in total. The molecule has 2 atom stereocenters. The van der Waals surface area contributed by atoms with Crippen LogP contribution in [0.25, 0.3) is 10.8 Å². The van der Waals surface area contributed by atoms with Crippen LogP contribution in [-0.4, -0.2) is 36.4 Å². The van der Waals surface area contributed by atoms with Crippen molar-refractivity contribution in [3.8, 4) is 5.75 Å².